The third-order valence-corrected chi connectivity index (χ3v) is 7.38. The van der Waals surface area contributed by atoms with Crippen molar-refractivity contribution in [2.24, 2.45) is 5.14 Å². The summed E-state index contributed by atoms with van der Waals surface area (Å²) in [6.45, 7) is 7.49. The molecule has 3 heterocycles. The van der Waals surface area contributed by atoms with Crippen LogP contribution in [0.3, 0.4) is 0 Å². The monoisotopic (exact) mass is 505 g/mol. The Labute approximate surface area is 211 Å². The molecule has 1 aliphatic heterocycles. The zero-order valence-corrected chi connectivity index (χ0v) is 21.4. The van der Waals surface area contributed by atoms with E-state index in [2.05, 4.69) is 28.8 Å². The van der Waals surface area contributed by atoms with Crippen LogP contribution >= 0.6 is 0 Å². The van der Waals surface area contributed by atoms with Gasteiger partial charge in [0.05, 0.1) is 11.1 Å². The summed E-state index contributed by atoms with van der Waals surface area (Å²) in [7, 11) is -3.80. The predicted molar refractivity (Wildman–Crippen MR) is 140 cm³/mol. The highest BCUT2D eigenvalue weighted by Crippen LogP contribution is 2.29. The fourth-order valence-corrected chi connectivity index (χ4v) is 5.35. The third-order valence-electron chi connectivity index (χ3n) is 6.46. The molecule has 8 nitrogen and oxygen atoms in total. The molecule has 0 bridgehead atoms. The first-order valence-electron chi connectivity index (χ1n) is 12.2. The van der Waals surface area contributed by atoms with Crippen molar-refractivity contribution in [3.63, 3.8) is 0 Å². The van der Waals surface area contributed by atoms with E-state index < -0.39 is 10.0 Å². The van der Waals surface area contributed by atoms with E-state index in [1.807, 2.05) is 36.5 Å². The van der Waals surface area contributed by atoms with Crippen LogP contribution in [0.4, 0.5) is 0 Å². The highest BCUT2D eigenvalue weighted by atomic mass is 32.2. The Bertz CT molecular complexity index is 1470. The van der Waals surface area contributed by atoms with Gasteiger partial charge in [-0.3, -0.25) is 4.90 Å². The van der Waals surface area contributed by atoms with Crippen molar-refractivity contribution in [3.05, 3.63) is 67.1 Å². The predicted octanol–water partition coefficient (Wildman–Crippen LogP) is 4.35. The van der Waals surface area contributed by atoms with Crippen molar-refractivity contribution in [1.82, 2.24) is 19.5 Å². The lowest BCUT2D eigenvalue weighted by atomic mass is 10.1. The lowest BCUT2D eigenvalue weighted by Crippen LogP contribution is -2.44. The van der Waals surface area contributed by atoms with Gasteiger partial charge in [-0.2, -0.15) is 5.10 Å². The molecule has 9 heteroatoms. The summed E-state index contributed by atoms with van der Waals surface area (Å²) >= 11 is 0. The van der Waals surface area contributed by atoms with Crippen LogP contribution in [0.2, 0.25) is 0 Å². The van der Waals surface area contributed by atoms with E-state index in [1.54, 1.807) is 23.0 Å². The number of nitrogens with zero attached hydrogens (tertiary/aromatic N) is 4. The van der Waals surface area contributed by atoms with Crippen LogP contribution in [0.5, 0.6) is 5.75 Å². The highest BCUT2D eigenvalue weighted by Gasteiger charge is 2.25. The molecule has 5 rings (SSSR count). The first kappa shape index (κ1) is 24.4. The number of hydrogen-bond donors (Lipinski definition) is 1. The quantitative estimate of drug-likeness (QED) is 0.400. The minimum atomic E-state index is -3.80. The average molecular weight is 506 g/mol. The number of sulfonamides is 1. The Hall–Kier alpha value is -3.27. The zero-order chi connectivity index (χ0) is 25.3. The molecule has 188 valence electrons. The summed E-state index contributed by atoms with van der Waals surface area (Å²) in [5.41, 5.74) is 3.68. The fraction of sp³-hybridized carbons (Fsp3) is 0.333. The van der Waals surface area contributed by atoms with Gasteiger partial charge in [-0.15, -0.1) is 0 Å². The van der Waals surface area contributed by atoms with Crippen molar-refractivity contribution < 1.29 is 13.2 Å². The van der Waals surface area contributed by atoms with Crippen molar-refractivity contribution in [1.29, 1.82) is 0 Å². The van der Waals surface area contributed by atoms with Gasteiger partial charge in [-0.25, -0.2) is 23.1 Å². The van der Waals surface area contributed by atoms with E-state index in [0.717, 1.165) is 42.1 Å². The van der Waals surface area contributed by atoms with Crippen LogP contribution in [0.1, 0.15) is 33.1 Å². The molecule has 1 aliphatic rings. The lowest BCUT2D eigenvalue weighted by molar-refractivity contribution is 0.0520. The topological polar surface area (TPSA) is 103 Å². The van der Waals surface area contributed by atoms with Gasteiger partial charge in [0, 0.05) is 30.1 Å². The molecule has 0 atom stereocenters. The number of primary sulfonamides is 1. The van der Waals surface area contributed by atoms with Crippen molar-refractivity contribution >= 4 is 15.7 Å². The summed E-state index contributed by atoms with van der Waals surface area (Å²) in [5, 5.41) is 9.73. The summed E-state index contributed by atoms with van der Waals surface area (Å²) in [4.78, 5) is 7.16. The van der Waals surface area contributed by atoms with Gasteiger partial charge in [0.1, 0.15) is 11.4 Å². The summed E-state index contributed by atoms with van der Waals surface area (Å²) in [6.07, 6.45) is 9.23. The van der Waals surface area contributed by atoms with E-state index in [9.17, 15) is 8.42 Å². The molecule has 0 unspecified atom stereocenters. The van der Waals surface area contributed by atoms with Crippen molar-refractivity contribution in [2.45, 2.75) is 43.6 Å². The minimum Gasteiger partial charge on any atom is -0.487 e. The third kappa shape index (κ3) is 5.43. The first-order valence-corrected chi connectivity index (χ1v) is 13.7. The van der Waals surface area contributed by atoms with Crippen molar-refractivity contribution in [2.75, 3.05) is 19.6 Å². The van der Waals surface area contributed by atoms with Crippen molar-refractivity contribution in [3.8, 4) is 28.0 Å². The average Bonchev–Trinajstić information content (AvgIpc) is 3.27. The first-order chi connectivity index (χ1) is 17.2. The minimum absolute atomic E-state index is 0.0531. The summed E-state index contributed by atoms with van der Waals surface area (Å²) in [5.74, 6) is 0.839. The number of fused-ring (bicyclic) bond motifs is 1. The molecule has 0 radical (unpaired) electrons. The Morgan fingerprint density at radius 2 is 1.72 bits per heavy atom. The van der Waals surface area contributed by atoms with Crippen LogP contribution in [0.15, 0.2) is 72.0 Å². The van der Waals surface area contributed by atoms with Gasteiger partial charge in [0.2, 0.25) is 10.0 Å². The molecular weight excluding hydrogens is 474 g/mol. The zero-order valence-electron chi connectivity index (χ0n) is 20.6. The van der Waals surface area contributed by atoms with E-state index in [-0.39, 0.29) is 10.5 Å². The Kier molecular flexibility index (Phi) is 6.55. The number of ether oxygens (including phenoxy) is 1. The van der Waals surface area contributed by atoms with E-state index >= 15 is 0 Å². The van der Waals surface area contributed by atoms with E-state index in [1.165, 1.54) is 31.4 Å². The van der Waals surface area contributed by atoms with Gasteiger partial charge in [-0.05, 0) is 75.2 Å². The van der Waals surface area contributed by atoms with Crippen LogP contribution in [0.25, 0.3) is 27.9 Å². The molecule has 36 heavy (non-hydrogen) atoms. The number of piperidine rings is 1. The number of rotatable bonds is 7. The maximum atomic E-state index is 11.7. The lowest BCUT2D eigenvalue weighted by Gasteiger charge is -2.35. The van der Waals surface area contributed by atoms with Crippen LogP contribution in [0, 0.1) is 0 Å². The maximum absolute atomic E-state index is 11.7. The second-order valence-electron chi connectivity index (χ2n) is 9.96. The second kappa shape index (κ2) is 9.65. The van der Waals surface area contributed by atoms with Gasteiger partial charge in [-0.1, -0.05) is 30.7 Å². The number of likely N-dealkylation sites (tertiary alicyclic amines) is 1. The molecule has 2 N–H and O–H groups in total. The molecule has 0 saturated carbocycles. The largest absolute Gasteiger partial charge is 0.487 e. The number of benzene rings is 2. The van der Waals surface area contributed by atoms with E-state index in [4.69, 9.17) is 9.88 Å². The summed E-state index contributed by atoms with van der Waals surface area (Å²) < 4.78 is 31.5. The number of aromatic nitrogens is 3. The SMILES string of the molecule is CC(C)(CN1CCCCC1)Oc1ccc(-c2cnc3c(-c4cccc(S(N)(=O)=O)c4)cnn3c2)cc1. The molecule has 2 aromatic carbocycles. The fourth-order valence-electron chi connectivity index (χ4n) is 4.79. The highest BCUT2D eigenvalue weighted by molar-refractivity contribution is 7.89. The molecule has 0 amide bonds. The van der Waals surface area contributed by atoms with Gasteiger partial charge < -0.3 is 4.74 Å². The molecule has 0 aliphatic carbocycles. The Balaban J connectivity index is 1.33. The van der Waals surface area contributed by atoms with Gasteiger partial charge in [0.15, 0.2) is 5.65 Å². The molecular formula is C27H31N5O3S. The van der Waals surface area contributed by atoms with Crippen LogP contribution in [-0.4, -0.2) is 53.2 Å². The Morgan fingerprint density at radius 3 is 2.44 bits per heavy atom. The summed E-state index contributed by atoms with van der Waals surface area (Å²) in [6, 6.07) is 14.5. The van der Waals surface area contributed by atoms with Crippen LogP contribution < -0.4 is 9.88 Å². The number of nitrogens with two attached hydrogens (primary N) is 1. The standard InChI is InChI=1S/C27H31N5O3S/c1-27(2,19-31-13-4-3-5-14-31)35-23-11-9-20(10-12-23)22-16-29-26-25(17-30-32(26)18-22)21-7-6-8-24(15-21)36(28,33)34/h6-12,15-18H,3-5,13-14,19H2,1-2H3,(H2,28,33,34). The maximum Gasteiger partial charge on any atom is 0.238 e. The normalized spacial score (nSPS) is 15.3. The number of hydrogen-bond acceptors (Lipinski definition) is 6. The molecule has 2 aromatic heterocycles. The van der Waals surface area contributed by atoms with Gasteiger partial charge in [0.25, 0.3) is 0 Å². The molecule has 0 spiro atoms. The van der Waals surface area contributed by atoms with E-state index in [0.29, 0.717) is 11.2 Å². The molecule has 4 aromatic rings. The Morgan fingerprint density at radius 1 is 0.972 bits per heavy atom. The van der Waals surface area contributed by atoms with Gasteiger partial charge >= 0.3 is 0 Å². The second-order valence-corrected chi connectivity index (χ2v) is 11.5. The van der Waals surface area contributed by atoms with Crippen LogP contribution in [-0.2, 0) is 10.0 Å². The smallest absolute Gasteiger partial charge is 0.238 e. The molecule has 1 saturated heterocycles. The molecule has 1 fully saturated rings.